The summed E-state index contributed by atoms with van der Waals surface area (Å²) in [6.45, 7) is 2.97. The zero-order valence-electron chi connectivity index (χ0n) is 17.0. The van der Waals surface area contributed by atoms with Gasteiger partial charge in [0.1, 0.15) is 11.4 Å². The number of esters is 1. The molecule has 0 N–H and O–H groups in total. The standard InChI is InChI=1S/C22H24N2O6/c1-15(21(25)16-6-9-18(29-2)10-7-16)30-22(26)17-8-11-19(20(14-17)24(27)28)23-12-4-3-5-13-23/h6-11,14-15H,3-5,12-13H2,1-2H3/t15-/m1/s1. The summed E-state index contributed by atoms with van der Waals surface area (Å²) in [5, 5.41) is 11.6. The van der Waals surface area contributed by atoms with E-state index >= 15 is 0 Å². The van der Waals surface area contributed by atoms with Crippen molar-refractivity contribution in [2.75, 3.05) is 25.1 Å². The first-order valence-corrected chi connectivity index (χ1v) is 9.83. The number of nitrogens with zero attached hydrogens (tertiary/aromatic N) is 2. The highest BCUT2D eigenvalue weighted by molar-refractivity contribution is 6.01. The van der Waals surface area contributed by atoms with Crippen molar-refractivity contribution in [2.24, 2.45) is 0 Å². The summed E-state index contributed by atoms with van der Waals surface area (Å²) in [4.78, 5) is 38.1. The van der Waals surface area contributed by atoms with Gasteiger partial charge in [-0.2, -0.15) is 0 Å². The molecule has 0 saturated carbocycles. The van der Waals surface area contributed by atoms with Gasteiger partial charge in [-0.25, -0.2) is 4.79 Å². The number of anilines is 1. The fourth-order valence-corrected chi connectivity index (χ4v) is 3.47. The molecular formula is C22H24N2O6. The van der Waals surface area contributed by atoms with E-state index in [1.54, 1.807) is 30.3 Å². The predicted octanol–water partition coefficient (Wildman–Crippen LogP) is 4.02. The lowest BCUT2D eigenvalue weighted by Gasteiger charge is -2.28. The summed E-state index contributed by atoms with van der Waals surface area (Å²) < 4.78 is 10.3. The second-order valence-electron chi connectivity index (χ2n) is 7.15. The molecule has 1 aliphatic rings. The van der Waals surface area contributed by atoms with Crippen molar-refractivity contribution in [2.45, 2.75) is 32.3 Å². The molecule has 1 aliphatic heterocycles. The molecule has 1 atom stereocenters. The highest BCUT2D eigenvalue weighted by Crippen LogP contribution is 2.31. The number of methoxy groups -OCH3 is 1. The van der Waals surface area contributed by atoms with Crippen LogP contribution in [0.4, 0.5) is 11.4 Å². The summed E-state index contributed by atoms with van der Waals surface area (Å²) in [6.07, 6.45) is 2.03. The molecule has 0 unspecified atom stereocenters. The van der Waals surface area contributed by atoms with Gasteiger partial charge < -0.3 is 14.4 Å². The monoisotopic (exact) mass is 412 g/mol. The minimum atomic E-state index is -1.04. The average Bonchev–Trinajstić information content (AvgIpc) is 2.78. The van der Waals surface area contributed by atoms with Crippen LogP contribution in [-0.2, 0) is 4.74 Å². The highest BCUT2D eigenvalue weighted by atomic mass is 16.6. The summed E-state index contributed by atoms with van der Waals surface area (Å²) in [5.41, 5.74) is 0.776. The highest BCUT2D eigenvalue weighted by Gasteiger charge is 2.25. The number of ether oxygens (including phenoxy) is 2. The van der Waals surface area contributed by atoms with Crippen LogP contribution in [0, 0.1) is 10.1 Å². The Hall–Kier alpha value is -3.42. The van der Waals surface area contributed by atoms with Crippen LogP contribution < -0.4 is 9.64 Å². The second kappa shape index (κ2) is 9.39. The lowest BCUT2D eigenvalue weighted by atomic mass is 10.1. The number of rotatable bonds is 7. The van der Waals surface area contributed by atoms with Gasteiger partial charge in [0, 0.05) is 24.7 Å². The molecule has 1 heterocycles. The van der Waals surface area contributed by atoms with E-state index in [2.05, 4.69) is 0 Å². The maximum absolute atomic E-state index is 12.5. The van der Waals surface area contributed by atoms with Gasteiger partial charge in [0.05, 0.1) is 17.6 Å². The lowest BCUT2D eigenvalue weighted by molar-refractivity contribution is -0.384. The zero-order valence-corrected chi connectivity index (χ0v) is 17.0. The molecule has 2 aromatic rings. The first-order chi connectivity index (χ1) is 14.4. The molecule has 3 rings (SSSR count). The van der Waals surface area contributed by atoms with Gasteiger partial charge in [-0.3, -0.25) is 14.9 Å². The molecule has 2 aromatic carbocycles. The Bertz CT molecular complexity index is 935. The quantitative estimate of drug-likeness (QED) is 0.293. The molecule has 0 aliphatic carbocycles. The lowest BCUT2D eigenvalue weighted by Crippen LogP contribution is -2.30. The molecule has 0 amide bonds. The number of Topliss-reactive ketones (excluding diaryl/α,β-unsaturated/α-hetero) is 1. The van der Waals surface area contributed by atoms with Crippen LogP contribution >= 0.6 is 0 Å². The number of benzene rings is 2. The molecule has 158 valence electrons. The SMILES string of the molecule is COc1ccc(C(=O)[C@@H](C)OC(=O)c2ccc(N3CCCCC3)c([N+](=O)[O-])c2)cc1. The predicted molar refractivity (Wildman–Crippen MR) is 111 cm³/mol. The molecule has 0 aromatic heterocycles. The number of carbonyl (C=O) groups is 2. The number of piperidine rings is 1. The molecule has 1 saturated heterocycles. The van der Waals surface area contributed by atoms with Gasteiger partial charge in [0.2, 0.25) is 5.78 Å². The van der Waals surface area contributed by atoms with E-state index in [0.29, 0.717) is 17.0 Å². The molecule has 1 fully saturated rings. The van der Waals surface area contributed by atoms with Gasteiger partial charge in [-0.05, 0) is 62.6 Å². The maximum atomic E-state index is 12.5. The third-order valence-corrected chi connectivity index (χ3v) is 5.13. The molecular weight excluding hydrogens is 388 g/mol. The normalized spacial score (nSPS) is 14.7. The number of ketones is 1. The first-order valence-electron chi connectivity index (χ1n) is 9.83. The Balaban J connectivity index is 1.74. The third-order valence-electron chi connectivity index (χ3n) is 5.13. The minimum Gasteiger partial charge on any atom is -0.497 e. The van der Waals surface area contributed by atoms with Gasteiger partial charge >= 0.3 is 5.97 Å². The summed E-state index contributed by atoms with van der Waals surface area (Å²) >= 11 is 0. The summed E-state index contributed by atoms with van der Waals surface area (Å²) in [6, 6.07) is 10.8. The van der Waals surface area contributed by atoms with Gasteiger partial charge in [-0.15, -0.1) is 0 Å². The molecule has 30 heavy (non-hydrogen) atoms. The van der Waals surface area contributed by atoms with E-state index < -0.39 is 17.0 Å². The van der Waals surface area contributed by atoms with Crippen molar-refractivity contribution in [3.63, 3.8) is 0 Å². The molecule has 8 heteroatoms. The Morgan fingerprint density at radius 3 is 2.27 bits per heavy atom. The molecule has 0 spiro atoms. The third kappa shape index (κ3) is 4.76. The van der Waals surface area contributed by atoms with Crippen molar-refractivity contribution in [3.05, 3.63) is 63.7 Å². The van der Waals surface area contributed by atoms with Crippen LogP contribution in [-0.4, -0.2) is 43.0 Å². The Morgan fingerprint density at radius 2 is 1.67 bits per heavy atom. The van der Waals surface area contributed by atoms with E-state index in [4.69, 9.17) is 9.47 Å². The molecule has 8 nitrogen and oxygen atoms in total. The van der Waals surface area contributed by atoms with Crippen LogP contribution in [0.2, 0.25) is 0 Å². The van der Waals surface area contributed by atoms with Gasteiger partial charge in [0.25, 0.3) is 5.69 Å². The summed E-state index contributed by atoms with van der Waals surface area (Å²) in [5.74, 6) is -0.541. The Labute approximate surface area is 174 Å². The van der Waals surface area contributed by atoms with Crippen LogP contribution in [0.3, 0.4) is 0 Å². The van der Waals surface area contributed by atoms with E-state index in [-0.39, 0.29) is 17.0 Å². The molecule has 0 radical (unpaired) electrons. The Kier molecular flexibility index (Phi) is 6.66. The minimum absolute atomic E-state index is 0.0387. The molecule has 0 bridgehead atoms. The summed E-state index contributed by atoms with van der Waals surface area (Å²) in [7, 11) is 1.52. The van der Waals surface area contributed by atoms with Crippen molar-refractivity contribution in [1.29, 1.82) is 0 Å². The average molecular weight is 412 g/mol. The topological polar surface area (TPSA) is 99.0 Å². The smallest absolute Gasteiger partial charge is 0.339 e. The number of carbonyl (C=O) groups excluding carboxylic acids is 2. The van der Waals surface area contributed by atoms with E-state index in [1.807, 2.05) is 4.90 Å². The van der Waals surface area contributed by atoms with E-state index in [0.717, 1.165) is 32.4 Å². The number of nitro benzene ring substituents is 1. The Morgan fingerprint density at radius 1 is 1.03 bits per heavy atom. The zero-order chi connectivity index (χ0) is 21.7. The van der Waals surface area contributed by atoms with E-state index in [1.165, 1.54) is 26.2 Å². The van der Waals surface area contributed by atoms with Crippen molar-refractivity contribution >= 4 is 23.1 Å². The van der Waals surface area contributed by atoms with Crippen LogP contribution in [0.25, 0.3) is 0 Å². The van der Waals surface area contributed by atoms with Crippen molar-refractivity contribution in [3.8, 4) is 5.75 Å². The number of hydrogen-bond donors (Lipinski definition) is 0. The van der Waals surface area contributed by atoms with Crippen LogP contribution in [0.5, 0.6) is 5.75 Å². The number of nitro groups is 1. The van der Waals surface area contributed by atoms with Crippen molar-refractivity contribution < 1.29 is 24.0 Å². The van der Waals surface area contributed by atoms with Gasteiger partial charge in [0.15, 0.2) is 6.10 Å². The van der Waals surface area contributed by atoms with Crippen molar-refractivity contribution in [1.82, 2.24) is 0 Å². The number of hydrogen-bond acceptors (Lipinski definition) is 7. The fourth-order valence-electron chi connectivity index (χ4n) is 3.47. The maximum Gasteiger partial charge on any atom is 0.339 e. The fraction of sp³-hybridized carbons (Fsp3) is 0.364. The second-order valence-corrected chi connectivity index (χ2v) is 7.15. The van der Waals surface area contributed by atoms with E-state index in [9.17, 15) is 19.7 Å². The van der Waals surface area contributed by atoms with Gasteiger partial charge in [-0.1, -0.05) is 0 Å². The van der Waals surface area contributed by atoms with Crippen LogP contribution in [0.15, 0.2) is 42.5 Å². The first kappa shape index (κ1) is 21.3. The largest absolute Gasteiger partial charge is 0.497 e. The van der Waals surface area contributed by atoms with Crippen LogP contribution in [0.1, 0.15) is 46.9 Å².